The van der Waals surface area contributed by atoms with Crippen LogP contribution in [0.5, 0.6) is 0 Å². The number of carbonyl (C=O) groups is 3. The molecule has 0 saturated carbocycles. The van der Waals surface area contributed by atoms with Crippen LogP contribution in [0.2, 0.25) is 0 Å². The molecule has 0 unspecified atom stereocenters. The SMILES string of the molecule is NC(=O)c1ccc(NC(=O)COC(=O)c2cc([N+](=O)[O-])ccc2N2CCCC2)cc1. The van der Waals surface area contributed by atoms with E-state index in [1.807, 2.05) is 4.90 Å². The van der Waals surface area contributed by atoms with E-state index in [1.54, 1.807) is 0 Å². The van der Waals surface area contributed by atoms with E-state index in [1.165, 1.54) is 36.4 Å². The zero-order chi connectivity index (χ0) is 21.7. The molecule has 1 aliphatic rings. The summed E-state index contributed by atoms with van der Waals surface area (Å²) < 4.78 is 5.08. The van der Waals surface area contributed by atoms with Gasteiger partial charge in [-0.25, -0.2) is 4.79 Å². The van der Waals surface area contributed by atoms with Crippen molar-refractivity contribution in [1.82, 2.24) is 0 Å². The summed E-state index contributed by atoms with van der Waals surface area (Å²) in [6, 6.07) is 9.92. The van der Waals surface area contributed by atoms with Gasteiger partial charge in [0, 0.05) is 36.5 Å². The van der Waals surface area contributed by atoms with E-state index in [2.05, 4.69) is 5.32 Å². The summed E-state index contributed by atoms with van der Waals surface area (Å²) in [5, 5.41) is 13.6. The summed E-state index contributed by atoms with van der Waals surface area (Å²) in [5.74, 6) is -2.00. The first-order valence-corrected chi connectivity index (χ1v) is 9.25. The van der Waals surface area contributed by atoms with Crippen molar-refractivity contribution >= 4 is 34.8 Å². The van der Waals surface area contributed by atoms with Crippen LogP contribution in [0.4, 0.5) is 17.1 Å². The third-order valence-corrected chi connectivity index (χ3v) is 4.65. The lowest BCUT2D eigenvalue weighted by Gasteiger charge is -2.20. The molecule has 1 heterocycles. The Balaban J connectivity index is 1.67. The number of nitrogens with two attached hydrogens (primary N) is 1. The Morgan fingerprint density at radius 3 is 2.37 bits per heavy atom. The second-order valence-corrected chi connectivity index (χ2v) is 6.72. The van der Waals surface area contributed by atoms with Crippen molar-refractivity contribution in [2.45, 2.75) is 12.8 Å². The van der Waals surface area contributed by atoms with Gasteiger partial charge in [-0.15, -0.1) is 0 Å². The highest BCUT2D eigenvalue weighted by Gasteiger charge is 2.24. The maximum Gasteiger partial charge on any atom is 0.341 e. The van der Waals surface area contributed by atoms with E-state index in [-0.39, 0.29) is 11.3 Å². The van der Waals surface area contributed by atoms with Gasteiger partial charge in [-0.05, 0) is 43.2 Å². The van der Waals surface area contributed by atoms with E-state index in [0.717, 1.165) is 32.0 Å². The van der Waals surface area contributed by atoms with Crippen LogP contribution in [0.15, 0.2) is 42.5 Å². The Morgan fingerprint density at radius 2 is 1.77 bits per heavy atom. The predicted octanol–water partition coefficient (Wildman–Crippen LogP) is 2.09. The van der Waals surface area contributed by atoms with Gasteiger partial charge >= 0.3 is 5.97 Å². The van der Waals surface area contributed by atoms with Gasteiger partial charge in [0.15, 0.2) is 6.61 Å². The van der Waals surface area contributed by atoms with Gasteiger partial charge in [-0.3, -0.25) is 19.7 Å². The van der Waals surface area contributed by atoms with Gasteiger partial charge in [0.25, 0.3) is 11.6 Å². The molecule has 0 aromatic heterocycles. The first-order chi connectivity index (χ1) is 14.3. The maximum absolute atomic E-state index is 12.6. The van der Waals surface area contributed by atoms with Gasteiger partial charge < -0.3 is 20.7 Å². The van der Waals surface area contributed by atoms with Gasteiger partial charge in [0.1, 0.15) is 0 Å². The summed E-state index contributed by atoms with van der Waals surface area (Å²) in [6.07, 6.45) is 1.92. The van der Waals surface area contributed by atoms with Crippen LogP contribution in [0.1, 0.15) is 33.6 Å². The number of nitrogens with one attached hydrogen (secondary N) is 1. The summed E-state index contributed by atoms with van der Waals surface area (Å²) in [5.41, 5.74) is 6.21. The minimum Gasteiger partial charge on any atom is -0.452 e. The number of nitro benzene ring substituents is 1. The van der Waals surface area contributed by atoms with Crippen molar-refractivity contribution in [3.63, 3.8) is 0 Å². The molecule has 1 saturated heterocycles. The van der Waals surface area contributed by atoms with Crippen LogP contribution >= 0.6 is 0 Å². The molecule has 0 spiro atoms. The molecular formula is C20H20N4O6. The van der Waals surface area contributed by atoms with Crippen LogP contribution in [0, 0.1) is 10.1 Å². The fourth-order valence-electron chi connectivity index (χ4n) is 3.16. The molecule has 2 aromatic carbocycles. The standard InChI is InChI=1S/C20H20N4O6/c21-19(26)13-3-5-14(6-4-13)22-18(25)12-30-20(27)16-11-15(24(28)29)7-8-17(16)23-9-1-2-10-23/h3-8,11H,1-2,9-10,12H2,(H2,21,26)(H,22,25). The number of benzene rings is 2. The van der Waals surface area contributed by atoms with Crippen LogP contribution in [0.3, 0.4) is 0 Å². The number of hydrogen-bond donors (Lipinski definition) is 2. The fourth-order valence-corrected chi connectivity index (χ4v) is 3.16. The molecule has 10 nitrogen and oxygen atoms in total. The number of ether oxygens (including phenoxy) is 1. The topological polar surface area (TPSA) is 145 Å². The summed E-state index contributed by atoms with van der Waals surface area (Å²) >= 11 is 0. The molecule has 0 radical (unpaired) electrons. The molecule has 2 aromatic rings. The number of nitro groups is 1. The van der Waals surface area contributed by atoms with Gasteiger partial charge in [0.05, 0.1) is 16.2 Å². The Hall–Kier alpha value is -3.95. The lowest BCUT2D eigenvalue weighted by atomic mass is 10.1. The van der Waals surface area contributed by atoms with Gasteiger partial charge in [-0.2, -0.15) is 0 Å². The molecule has 10 heteroatoms. The highest BCUT2D eigenvalue weighted by Crippen LogP contribution is 2.29. The minimum absolute atomic E-state index is 0.0460. The van der Waals surface area contributed by atoms with Crippen molar-refractivity contribution in [1.29, 1.82) is 0 Å². The Morgan fingerprint density at radius 1 is 1.10 bits per heavy atom. The number of nitrogens with zero attached hydrogens (tertiary/aromatic N) is 2. The molecule has 0 bridgehead atoms. The van der Waals surface area contributed by atoms with Gasteiger partial charge in [-0.1, -0.05) is 0 Å². The lowest BCUT2D eigenvalue weighted by Crippen LogP contribution is -2.24. The molecular weight excluding hydrogens is 392 g/mol. The molecule has 1 aliphatic heterocycles. The zero-order valence-corrected chi connectivity index (χ0v) is 16.0. The molecule has 156 valence electrons. The second kappa shape index (κ2) is 9.03. The number of rotatable bonds is 7. The average Bonchev–Trinajstić information content (AvgIpc) is 3.26. The van der Waals surface area contributed by atoms with Crippen molar-refractivity contribution < 1.29 is 24.0 Å². The zero-order valence-electron chi connectivity index (χ0n) is 16.0. The number of esters is 1. The van der Waals surface area contributed by atoms with Crippen molar-refractivity contribution in [2.24, 2.45) is 5.73 Å². The Labute approximate surface area is 171 Å². The van der Waals surface area contributed by atoms with Crippen LogP contribution < -0.4 is 16.0 Å². The predicted molar refractivity (Wildman–Crippen MR) is 108 cm³/mol. The van der Waals surface area contributed by atoms with E-state index in [0.29, 0.717) is 16.9 Å². The summed E-state index contributed by atoms with van der Waals surface area (Å²) in [7, 11) is 0. The van der Waals surface area contributed by atoms with E-state index < -0.39 is 29.3 Å². The smallest absolute Gasteiger partial charge is 0.341 e. The molecule has 0 aliphatic carbocycles. The number of hydrogen-bond acceptors (Lipinski definition) is 7. The first kappa shape index (κ1) is 20.8. The number of amides is 2. The number of carbonyl (C=O) groups excluding carboxylic acids is 3. The van der Waals surface area contributed by atoms with Gasteiger partial charge in [0.2, 0.25) is 5.91 Å². The average molecular weight is 412 g/mol. The van der Waals surface area contributed by atoms with Crippen molar-refractivity contribution in [2.75, 3.05) is 29.9 Å². The highest BCUT2D eigenvalue weighted by molar-refractivity contribution is 5.99. The summed E-state index contributed by atoms with van der Waals surface area (Å²) in [6.45, 7) is 0.901. The normalized spacial score (nSPS) is 13.0. The van der Waals surface area contributed by atoms with Crippen LogP contribution in [-0.2, 0) is 9.53 Å². The molecule has 30 heavy (non-hydrogen) atoms. The molecule has 0 atom stereocenters. The lowest BCUT2D eigenvalue weighted by molar-refractivity contribution is -0.384. The fraction of sp³-hybridized carbons (Fsp3) is 0.250. The number of non-ortho nitro benzene ring substituents is 1. The monoisotopic (exact) mass is 412 g/mol. The maximum atomic E-state index is 12.6. The van der Waals surface area contributed by atoms with Crippen LogP contribution in [-0.4, -0.2) is 42.4 Å². The van der Waals surface area contributed by atoms with E-state index in [9.17, 15) is 24.5 Å². The number of anilines is 2. The molecule has 3 N–H and O–H groups in total. The molecule has 1 fully saturated rings. The van der Waals surface area contributed by atoms with E-state index >= 15 is 0 Å². The summed E-state index contributed by atoms with van der Waals surface area (Å²) in [4.78, 5) is 48.2. The quantitative estimate of drug-likeness (QED) is 0.402. The van der Waals surface area contributed by atoms with Crippen LogP contribution in [0.25, 0.3) is 0 Å². The first-order valence-electron chi connectivity index (χ1n) is 9.25. The largest absolute Gasteiger partial charge is 0.452 e. The highest BCUT2D eigenvalue weighted by atomic mass is 16.6. The second-order valence-electron chi connectivity index (χ2n) is 6.72. The molecule has 2 amide bonds. The number of primary amides is 1. The third-order valence-electron chi connectivity index (χ3n) is 4.65. The minimum atomic E-state index is -0.820. The van der Waals surface area contributed by atoms with E-state index in [4.69, 9.17) is 10.5 Å². The Kier molecular flexibility index (Phi) is 6.26. The Bertz CT molecular complexity index is 983. The van der Waals surface area contributed by atoms with Crippen molar-refractivity contribution in [3.8, 4) is 0 Å². The molecule has 3 rings (SSSR count). The van der Waals surface area contributed by atoms with Crippen molar-refractivity contribution in [3.05, 3.63) is 63.7 Å². The third kappa shape index (κ3) is 4.90.